The zero-order valence-corrected chi connectivity index (χ0v) is 5.89. The zero-order chi connectivity index (χ0) is 7.07. The summed E-state index contributed by atoms with van der Waals surface area (Å²) >= 11 is 0. The van der Waals surface area contributed by atoms with E-state index in [0.29, 0.717) is 12.8 Å². The van der Waals surface area contributed by atoms with E-state index in [1.54, 1.807) is 13.8 Å². The third kappa shape index (κ3) is 1.42. The van der Waals surface area contributed by atoms with Crippen LogP contribution in [0.1, 0.15) is 26.7 Å². The van der Waals surface area contributed by atoms with E-state index in [4.69, 9.17) is 0 Å². The average molecular weight is 132 g/mol. The molecule has 0 aliphatic heterocycles. The van der Waals surface area contributed by atoms with Crippen molar-refractivity contribution in [2.75, 3.05) is 0 Å². The molecule has 1 nitrogen and oxygen atoms in total. The van der Waals surface area contributed by atoms with Gasteiger partial charge in [0, 0.05) is 0 Å². The predicted octanol–water partition coefficient (Wildman–Crippen LogP) is 1.51. The molecule has 9 heavy (non-hydrogen) atoms. The lowest BCUT2D eigenvalue weighted by Gasteiger charge is -2.38. The lowest BCUT2D eigenvalue weighted by Crippen LogP contribution is -2.41. The van der Waals surface area contributed by atoms with Crippen LogP contribution in [-0.2, 0) is 0 Å². The summed E-state index contributed by atoms with van der Waals surface area (Å²) in [7, 11) is 0. The fourth-order valence-corrected chi connectivity index (χ4v) is 1.13. The van der Waals surface area contributed by atoms with Gasteiger partial charge in [-0.1, -0.05) is 0 Å². The third-order valence-electron chi connectivity index (χ3n) is 2.08. The summed E-state index contributed by atoms with van der Waals surface area (Å²) in [6.45, 7) is 3.48. The van der Waals surface area contributed by atoms with Crippen molar-refractivity contribution in [2.45, 2.75) is 38.5 Å². The first-order valence-corrected chi connectivity index (χ1v) is 3.36. The van der Waals surface area contributed by atoms with E-state index in [9.17, 15) is 9.50 Å². The van der Waals surface area contributed by atoms with Crippen LogP contribution in [0, 0.1) is 5.92 Å². The van der Waals surface area contributed by atoms with Crippen molar-refractivity contribution in [3.63, 3.8) is 0 Å². The van der Waals surface area contributed by atoms with Gasteiger partial charge in [0.05, 0.1) is 5.60 Å². The van der Waals surface area contributed by atoms with Crippen LogP contribution < -0.4 is 0 Å². The Labute approximate surface area is 54.9 Å². The van der Waals surface area contributed by atoms with Crippen molar-refractivity contribution in [2.24, 2.45) is 5.92 Å². The minimum Gasteiger partial charge on any atom is -0.390 e. The molecule has 0 spiro atoms. The Morgan fingerprint density at radius 1 is 1.44 bits per heavy atom. The van der Waals surface area contributed by atoms with Crippen molar-refractivity contribution >= 4 is 0 Å². The number of halogens is 1. The van der Waals surface area contributed by atoms with Gasteiger partial charge in [0.2, 0.25) is 0 Å². The molecule has 0 aromatic rings. The maximum absolute atomic E-state index is 12.2. The molecule has 0 amide bonds. The van der Waals surface area contributed by atoms with Crippen LogP contribution in [0.4, 0.5) is 4.39 Å². The van der Waals surface area contributed by atoms with Crippen LogP contribution in [0.3, 0.4) is 0 Å². The van der Waals surface area contributed by atoms with Gasteiger partial charge in [-0.25, -0.2) is 4.39 Å². The van der Waals surface area contributed by atoms with Gasteiger partial charge in [-0.05, 0) is 32.6 Å². The summed E-state index contributed by atoms with van der Waals surface area (Å²) < 4.78 is 12.2. The molecule has 0 unspecified atom stereocenters. The van der Waals surface area contributed by atoms with Gasteiger partial charge < -0.3 is 5.11 Å². The van der Waals surface area contributed by atoms with Gasteiger partial charge in [-0.2, -0.15) is 0 Å². The average Bonchev–Trinajstić information content (AvgIpc) is 1.55. The van der Waals surface area contributed by atoms with Crippen LogP contribution in [0.2, 0.25) is 0 Å². The van der Waals surface area contributed by atoms with E-state index in [-0.39, 0.29) is 5.92 Å². The predicted molar refractivity (Wildman–Crippen MR) is 33.9 cm³/mol. The normalized spacial score (nSPS) is 36.0. The van der Waals surface area contributed by atoms with E-state index in [2.05, 4.69) is 0 Å². The van der Waals surface area contributed by atoms with Gasteiger partial charge in [0.1, 0.15) is 6.17 Å². The SMILES string of the molecule is CC(C)(O)C1CC(F)C1. The Balaban J connectivity index is 2.32. The van der Waals surface area contributed by atoms with E-state index in [1.165, 1.54) is 0 Å². The molecule has 0 radical (unpaired) electrons. The first-order chi connectivity index (χ1) is 4.00. The Morgan fingerprint density at radius 3 is 2.00 bits per heavy atom. The Hall–Kier alpha value is -0.110. The Bertz CT molecular complexity index is 100.0. The molecule has 0 aromatic carbocycles. The van der Waals surface area contributed by atoms with Crippen LogP contribution in [-0.4, -0.2) is 16.9 Å². The molecule has 2 heteroatoms. The second kappa shape index (κ2) is 1.94. The highest BCUT2D eigenvalue weighted by Gasteiger charge is 2.38. The van der Waals surface area contributed by atoms with Crippen molar-refractivity contribution in [3.8, 4) is 0 Å². The lowest BCUT2D eigenvalue weighted by atomic mass is 9.73. The first-order valence-electron chi connectivity index (χ1n) is 3.36. The highest BCUT2D eigenvalue weighted by molar-refractivity contribution is 4.89. The molecule has 1 aliphatic rings. The molecule has 1 N–H and O–H groups in total. The van der Waals surface area contributed by atoms with Crippen LogP contribution in [0.15, 0.2) is 0 Å². The molecule has 0 saturated heterocycles. The number of hydrogen-bond donors (Lipinski definition) is 1. The molecular formula is C7H13FO. The summed E-state index contributed by atoms with van der Waals surface area (Å²) in [4.78, 5) is 0. The topological polar surface area (TPSA) is 20.2 Å². The van der Waals surface area contributed by atoms with Gasteiger partial charge in [0.25, 0.3) is 0 Å². The molecule has 1 saturated carbocycles. The Morgan fingerprint density at radius 2 is 1.89 bits per heavy atom. The maximum Gasteiger partial charge on any atom is 0.101 e. The largest absolute Gasteiger partial charge is 0.390 e. The van der Waals surface area contributed by atoms with Crippen LogP contribution in [0.25, 0.3) is 0 Å². The van der Waals surface area contributed by atoms with Crippen molar-refractivity contribution in [1.82, 2.24) is 0 Å². The van der Waals surface area contributed by atoms with Crippen molar-refractivity contribution in [1.29, 1.82) is 0 Å². The molecule has 0 bridgehead atoms. The van der Waals surface area contributed by atoms with Crippen LogP contribution >= 0.6 is 0 Å². The molecule has 0 heterocycles. The van der Waals surface area contributed by atoms with Gasteiger partial charge in [0.15, 0.2) is 0 Å². The maximum atomic E-state index is 12.2. The fraction of sp³-hybridized carbons (Fsp3) is 1.00. The molecule has 1 aliphatic carbocycles. The summed E-state index contributed by atoms with van der Waals surface area (Å²) in [5.41, 5.74) is -0.664. The van der Waals surface area contributed by atoms with E-state index in [1.807, 2.05) is 0 Å². The molecule has 0 atom stereocenters. The lowest BCUT2D eigenvalue weighted by molar-refractivity contribution is -0.0510. The molecular weight excluding hydrogens is 119 g/mol. The second-order valence-corrected chi connectivity index (χ2v) is 3.42. The Kier molecular flexibility index (Phi) is 1.51. The van der Waals surface area contributed by atoms with Gasteiger partial charge in [-0.3, -0.25) is 0 Å². The third-order valence-corrected chi connectivity index (χ3v) is 2.08. The minimum atomic E-state index is -0.664. The van der Waals surface area contributed by atoms with E-state index in [0.717, 1.165) is 0 Å². The quantitative estimate of drug-likeness (QED) is 0.573. The number of hydrogen-bond acceptors (Lipinski definition) is 1. The first kappa shape index (κ1) is 7.00. The fourth-order valence-electron chi connectivity index (χ4n) is 1.13. The van der Waals surface area contributed by atoms with Crippen LogP contribution in [0.5, 0.6) is 0 Å². The minimum absolute atomic E-state index is 0.187. The van der Waals surface area contributed by atoms with Crippen molar-refractivity contribution in [3.05, 3.63) is 0 Å². The summed E-state index contributed by atoms with van der Waals surface area (Å²) in [5.74, 6) is 0.187. The van der Waals surface area contributed by atoms with Gasteiger partial charge >= 0.3 is 0 Å². The van der Waals surface area contributed by atoms with E-state index >= 15 is 0 Å². The summed E-state index contributed by atoms with van der Waals surface area (Å²) in [5, 5.41) is 9.29. The highest BCUT2D eigenvalue weighted by atomic mass is 19.1. The van der Waals surface area contributed by atoms with E-state index < -0.39 is 11.8 Å². The molecule has 1 fully saturated rings. The molecule has 1 rings (SSSR count). The summed E-state index contributed by atoms with van der Waals surface area (Å²) in [6, 6.07) is 0. The molecule has 0 aromatic heterocycles. The van der Waals surface area contributed by atoms with Gasteiger partial charge in [-0.15, -0.1) is 0 Å². The standard InChI is InChI=1S/C7H13FO/c1-7(2,9)5-3-6(8)4-5/h5-6,9H,3-4H2,1-2H3. The zero-order valence-electron chi connectivity index (χ0n) is 5.89. The number of rotatable bonds is 1. The smallest absolute Gasteiger partial charge is 0.101 e. The second-order valence-electron chi connectivity index (χ2n) is 3.42. The molecule has 54 valence electrons. The number of alkyl halides is 1. The highest BCUT2D eigenvalue weighted by Crippen LogP contribution is 2.37. The van der Waals surface area contributed by atoms with Crippen molar-refractivity contribution < 1.29 is 9.50 Å². The summed E-state index contributed by atoms with van der Waals surface area (Å²) in [6.07, 6.45) is 0.439. The number of aliphatic hydroxyl groups is 1. The monoisotopic (exact) mass is 132 g/mol.